The van der Waals surface area contributed by atoms with Crippen LogP contribution in [0.2, 0.25) is 0 Å². The Balaban J connectivity index is 2.05. The van der Waals surface area contributed by atoms with Gasteiger partial charge < -0.3 is 9.88 Å². The number of nitrogens with one attached hydrogen (secondary N) is 1. The molecule has 0 spiro atoms. The number of rotatable bonds is 3. The van der Waals surface area contributed by atoms with Gasteiger partial charge in [-0.05, 0) is 44.1 Å². The van der Waals surface area contributed by atoms with E-state index in [1.807, 2.05) is 25.1 Å². The lowest BCUT2D eigenvalue weighted by atomic mass is 9.90. The maximum absolute atomic E-state index is 12.6. The maximum atomic E-state index is 12.6. The smallest absolute Gasteiger partial charge is 0.270 e. The summed E-state index contributed by atoms with van der Waals surface area (Å²) in [6, 6.07) is 4.67. The van der Waals surface area contributed by atoms with Gasteiger partial charge in [-0.1, -0.05) is 6.08 Å². The molecule has 1 aliphatic rings. The molecule has 3 rings (SSSR count). The van der Waals surface area contributed by atoms with Crippen molar-refractivity contribution in [3.8, 4) is 0 Å². The van der Waals surface area contributed by atoms with Crippen molar-refractivity contribution in [2.24, 2.45) is 0 Å². The number of nitro groups is 1. The van der Waals surface area contributed by atoms with E-state index in [9.17, 15) is 14.9 Å². The van der Waals surface area contributed by atoms with E-state index in [2.05, 4.69) is 4.98 Å². The number of aromatic nitrogens is 1. The van der Waals surface area contributed by atoms with Crippen LogP contribution in [0.3, 0.4) is 0 Å². The minimum Gasteiger partial charge on any atom is -0.352 e. The number of Topliss-reactive ketones (excluding diaryl/α,β-unsaturated/α-hetero) is 1. The van der Waals surface area contributed by atoms with Gasteiger partial charge in [0.05, 0.1) is 10.6 Å². The number of benzene rings is 1. The van der Waals surface area contributed by atoms with Crippen molar-refractivity contribution in [2.75, 3.05) is 20.6 Å². The summed E-state index contributed by atoms with van der Waals surface area (Å²) < 4.78 is 0. The van der Waals surface area contributed by atoms with E-state index in [-0.39, 0.29) is 11.5 Å². The van der Waals surface area contributed by atoms with Gasteiger partial charge in [-0.15, -0.1) is 0 Å². The Bertz CT molecular complexity index is 802. The number of aromatic amines is 1. The molecule has 1 aromatic carbocycles. The fourth-order valence-electron chi connectivity index (χ4n) is 2.82. The molecule has 6 nitrogen and oxygen atoms in total. The second-order valence-electron chi connectivity index (χ2n) is 5.79. The molecular formula is C16H17N3O3. The third kappa shape index (κ3) is 2.42. The van der Waals surface area contributed by atoms with Crippen LogP contribution in [0.15, 0.2) is 29.8 Å². The van der Waals surface area contributed by atoms with Gasteiger partial charge in [0.15, 0.2) is 0 Å². The van der Waals surface area contributed by atoms with Gasteiger partial charge >= 0.3 is 0 Å². The summed E-state index contributed by atoms with van der Waals surface area (Å²) in [7, 11) is 3.91. The number of carbonyl (C=O) groups is 1. The lowest BCUT2D eigenvalue weighted by Crippen LogP contribution is -2.17. The summed E-state index contributed by atoms with van der Waals surface area (Å²) in [6.45, 7) is 0.724. The maximum Gasteiger partial charge on any atom is 0.270 e. The summed E-state index contributed by atoms with van der Waals surface area (Å²) >= 11 is 0. The molecule has 0 atom stereocenters. The molecule has 0 saturated heterocycles. The largest absolute Gasteiger partial charge is 0.352 e. The minimum atomic E-state index is -0.411. The molecule has 0 saturated carbocycles. The van der Waals surface area contributed by atoms with Crippen LogP contribution >= 0.6 is 0 Å². The highest BCUT2D eigenvalue weighted by molar-refractivity contribution is 6.13. The van der Waals surface area contributed by atoms with Crippen molar-refractivity contribution in [3.05, 3.63) is 51.2 Å². The van der Waals surface area contributed by atoms with Crippen molar-refractivity contribution in [2.45, 2.75) is 12.8 Å². The molecule has 0 radical (unpaired) electrons. The van der Waals surface area contributed by atoms with E-state index in [0.29, 0.717) is 12.1 Å². The quantitative estimate of drug-likeness (QED) is 0.537. The van der Waals surface area contributed by atoms with Gasteiger partial charge in [0.1, 0.15) is 0 Å². The van der Waals surface area contributed by atoms with Gasteiger partial charge in [0.2, 0.25) is 5.78 Å². The number of H-pyrrole nitrogens is 1. The SMILES string of the molecule is CN(C)CC=C1CCc2c([nH]c3ccc([N+](=O)[O-])cc23)C1=O. The summed E-state index contributed by atoms with van der Waals surface area (Å²) in [5.41, 5.74) is 3.10. The first kappa shape index (κ1) is 14.5. The first-order chi connectivity index (χ1) is 10.5. The van der Waals surface area contributed by atoms with Crippen molar-refractivity contribution in [3.63, 3.8) is 0 Å². The fraction of sp³-hybridized carbons (Fsp3) is 0.312. The molecule has 22 heavy (non-hydrogen) atoms. The highest BCUT2D eigenvalue weighted by Gasteiger charge is 2.26. The van der Waals surface area contributed by atoms with Gasteiger partial charge in [-0.2, -0.15) is 0 Å². The standard InChI is InChI=1S/C16H17N3O3/c1-18(2)8-7-10-3-5-12-13-9-11(19(21)22)4-6-14(13)17-15(12)16(10)20/h4,6-7,9,17H,3,5,8H2,1-2H3. The monoisotopic (exact) mass is 299 g/mol. The summed E-state index contributed by atoms with van der Waals surface area (Å²) in [5, 5.41) is 11.7. The molecule has 0 unspecified atom stereocenters. The van der Waals surface area contributed by atoms with Crippen LogP contribution in [-0.2, 0) is 6.42 Å². The average molecular weight is 299 g/mol. The third-order valence-electron chi connectivity index (χ3n) is 3.97. The molecule has 114 valence electrons. The number of non-ortho nitro benzene ring substituents is 1. The van der Waals surface area contributed by atoms with E-state index < -0.39 is 4.92 Å². The van der Waals surface area contributed by atoms with E-state index >= 15 is 0 Å². The van der Waals surface area contributed by atoms with Crippen LogP contribution in [0.1, 0.15) is 22.5 Å². The number of allylic oxidation sites excluding steroid dienone is 1. The van der Waals surface area contributed by atoms with Crippen LogP contribution in [-0.4, -0.2) is 41.2 Å². The molecule has 1 heterocycles. The van der Waals surface area contributed by atoms with E-state index in [1.165, 1.54) is 6.07 Å². The van der Waals surface area contributed by atoms with Crippen molar-refractivity contribution < 1.29 is 9.72 Å². The molecular weight excluding hydrogens is 282 g/mol. The number of ketones is 1. The van der Waals surface area contributed by atoms with Gasteiger partial charge in [-0.25, -0.2) is 0 Å². The zero-order chi connectivity index (χ0) is 15.9. The Kier molecular flexibility index (Phi) is 3.54. The lowest BCUT2D eigenvalue weighted by Gasteiger charge is -2.15. The van der Waals surface area contributed by atoms with E-state index in [1.54, 1.807) is 12.1 Å². The van der Waals surface area contributed by atoms with Gasteiger partial charge in [0, 0.05) is 29.6 Å². The average Bonchev–Trinajstić information content (AvgIpc) is 2.85. The Morgan fingerprint density at radius 1 is 1.36 bits per heavy atom. The molecule has 2 aromatic rings. The highest BCUT2D eigenvalue weighted by Crippen LogP contribution is 2.33. The van der Waals surface area contributed by atoms with Gasteiger partial charge in [-0.3, -0.25) is 14.9 Å². The Hall–Kier alpha value is -2.47. The first-order valence-corrected chi connectivity index (χ1v) is 7.15. The zero-order valence-electron chi connectivity index (χ0n) is 12.5. The highest BCUT2D eigenvalue weighted by atomic mass is 16.6. The number of nitrogens with zero attached hydrogens (tertiary/aromatic N) is 2. The number of hydrogen-bond donors (Lipinski definition) is 1. The number of nitro benzene ring substituents is 1. The molecule has 0 aliphatic heterocycles. The number of likely N-dealkylation sites (N-methyl/N-ethyl adjacent to an activating group) is 1. The normalized spacial score (nSPS) is 16.5. The molecule has 1 aliphatic carbocycles. The molecule has 6 heteroatoms. The summed E-state index contributed by atoms with van der Waals surface area (Å²) in [5.74, 6) is 0.00181. The molecule has 1 N–H and O–H groups in total. The predicted octanol–water partition coefficient (Wildman–Crippen LogP) is 2.69. The zero-order valence-corrected chi connectivity index (χ0v) is 12.5. The van der Waals surface area contributed by atoms with E-state index in [4.69, 9.17) is 0 Å². The van der Waals surface area contributed by atoms with Crippen LogP contribution in [0, 0.1) is 10.1 Å². The Morgan fingerprint density at radius 3 is 2.82 bits per heavy atom. The molecule has 1 aromatic heterocycles. The summed E-state index contributed by atoms with van der Waals surface area (Å²) in [6.07, 6.45) is 3.36. The van der Waals surface area contributed by atoms with Crippen molar-refractivity contribution in [1.82, 2.24) is 9.88 Å². The number of aryl methyl sites for hydroxylation is 1. The number of carbonyl (C=O) groups excluding carboxylic acids is 1. The number of hydrogen-bond acceptors (Lipinski definition) is 4. The third-order valence-corrected chi connectivity index (χ3v) is 3.97. The van der Waals surface area contributed by atoms with Crippen molar-refractivity contribution >= 4 is 22.4 Å². The van der Waals surface area contributed by atoms with Crippen LogP contribution in [0.5, 0.6) is 0 Å². The molecule has 0 amide bonds. The summed E-state index contributed by atoms with van der Waals surface area (Å²) in [4.78, 5) is 28.2. The van der Waals surface area contributed by atoms with Crippen molar-refractivity contribution in [1.29, 1.82) is 0 Å². The van der Waals surface area contributed by atoms with Gasteiger partial charge in [0.25, 0.3) is 5.69 Å². The topological polar surface area (TPSA) is 79.2 Å². The lowest BCUT2D eigenvalue weighted by molar-refractivity contribution is -0.384. The predicted molar refractivity (Wildman–Crippen MR) is 84.2 cm³/mol. The second kappa shape index (κ2) is 5.38. The molecule has 0 bridgehead atoms. The Morgan fingerprint density at radius 2 is 2.14 bits per heavy atom. The van der Waals surface area contributed by atoms with Crippen LogP contribution in [0.4, 0.5) is 5.69 Å². The Labute approximate surface area is 127 Å². The fourth-order valence-corrected chi connectivity index (χ4v) is 2.82. The first-order valence-electron chi connectivity index (χ1n) is 7.15. The van der Waals surface area contributed by atoms with E-state index in [0.717, 1.165) is 35.0 Å². The van der Waals surface area contributed by atoms with Crippen LogP contribution in [0.25, 0.3) is 10.9 Å². The van der Waals surface area contributed by atoms with Crippen LogP contribution < -0.4 is 0 Å². The second-order valence-corrected chi connectivity index (χ2v) is 5.79. The number of fused-ring (bicyclic) bond motifs is 3. The minimum absolute atomic E-state index is 0.00181. The molecule has 0 fully saturated rings.